The highest BCUT2D eigenvalue weighted by atomic mass is 16.1. The van der Waals surface area contributed by atoms with Crippen LogP contribution < -0.4 is 11.5 Å². The van der Waals surface area contributed by atoms with E-state index >= 15 is 0 Å². The van der Waals surface area contributed by atoms with Gasteiger partial charge in [0, 0.05) is 12.5 Å². The van der Waals surface area contributed by atoms with Crippen molar-refractivity contribution in [2.45, 2.75) is 25.8 Å². The molecule has 1 aliphatic rings. The lowest BCUT2D eigenvalue weighted by atomic mass is 9.83. The summed E-state index contributed by atoms with van der Waals surface area (Å²) in [6.45, 7) is 0.941. The molecule has 1 aromatic rings. The van der Waals surface area contributed by atoms with Crippen LogP contribution in [0.2, 0.25) is 0 Å². The van der Waals surface area contributed by atoms with Crippen LogP contribution in [0, 0.1) is 5.92 Å². The highest BCUT2D eigenvalue weighted by Gasteiger charge is 2.22. The largest absolute Gasteiger partial charge is 0.369 e. The highest BCUT2D eigenvalue weighted by molar-refractivity contribution is 5.77. The number of fused-ring (bicyclic) bond motifs is 1. The van der Waals surface area contributed by atoms with Crippen molar-refractivity contribution >= 4 is 11.8 Å². The van der Waals surface area contributed by atoms with Crippen LogP contribution >= 0.6 is 0 Å². The minimum absolute atomic E-state index is 0.0362. The first kappa shape index (κ1) is 14.5. The van der Waals surface area contributed by atoms with Crippen molar-refractivity contribution in [3.63, 3.8) is 0 Å². The SMILES string of the molecule is CN(CC(N)=O)Cc1ccc2c(c1)CCC(C(N)=O)C2. The first-order chi connectivity index (χ1) is 9.45. The molecule has 0 saturated carbocycles. The molecule has 20 heavy (non-hydrogen) atoms. The Morgan fingerprint density at radius 2 is 2.05 bits per heavy atom. The lowest BCUT2D eigenvalue weighted by Gasteiger charge is -2.23. The Kier molecular flexibility index (Phi) is 4.39. The predicted octanol–water partition coefficient (Wildman–Crippen LogP) is 0.194. The molecule has 1 atom stereocenters. The zero-order valence-corrected chi connectivity index (χ0v) is 11.8. The van der Waals surface area contributed by atoms with Gasteiger partial charge < -0.3 is 11.5 Å². The van der Waals surface area contributed by atoms with Crippen molar-refractivity contribution in [3.8, 4) is 0 Å². The van der Waals surface area contributed by atoms with E-state index < -0.39 is 0 Å². The molecule has 1 unspecified atom stereocenters. The van der Waals surface area contributed by atoms with E-state index in [9.17, 15) is 9.59 Å². The smallest absolute Gasteiger partial charge is 0.231 e. The van der Waals surface area contributed by atoms with Gasteiger partial charge in [-0.05, 0) is 43.0 Å². The second kappa shape index (κ2) is 6.05. The molecule has 0 bridgehead atoms. The van der Waals surface area contributed by atoms with Crippen LogP contribution in [0.1, 0.15) is 23.1 Å². The van der Waals surface area contributed by atoms with Crippen LogP contribution in [-0.4, -0.2) is 30.3 Å². The zero-order valence-electron chi connectivity index (χ0n) is 11.8. The van der Waals surface area contributed by atoms with E-state index in [0.29, 0.717) is 6.54 Å². The number of carbonyl (C=O) groups excluding carboxylic acids is 2. The topological polar surface area (TPSA) is 89.4 Å². The fourth-order valence-corrected chi connectivity index (χ4v) is 2.78. The molecule has 1 aliphatic carbocycles. The van der Waals surface area contributed by atoms with E-state index in [1.807, 2.05) is 18.0 Å². The van der Waals surface area contributed by atoms with Crippen molar-refractivity contribution in [1.29, 1.82) is 0 Å². The molecule has 5 nitrogen and oxygen atoms in total. The first-order valence-electron chi connectivity index (χ1n) is 6.82. The summed E-state index contributed by atoms with van der Waals surface area (Å²) in [7, 11) is 1.87. The Hall–Kier alpha value is -1.88. The van der Waals surface area contributed by atoms with Crippen LogP contribution in [0.4, 0.5) is 0 Å². The Labute approximate surface area is 118 Å². The minimum Gasteiger partial charge on any atom is -0.369 e. The van der Waals surface area contributed by atoms with E-state index in [0.717, 1.165) is 24.8 Å². The van der Waals surface area contributed by atoms with Crippen LogP contribution in [-0.2, 0) is 29.0 Å². The van der Waals surface area contributed by atoms with Gasteiger partial charge in [0.15, 0.2) is 0 Å². The standard InChI is InChI=1S/C15H21N3O2/c1-18(9-14(16)19)8-10-2-3-12-7-13(15(17)20)5-4-11(12)6-10/h2-3,6,13H,4-5,7-9H2,1H3,(H2,16,19)(H2,17,20). The number of amides is 2. The van der Waals surface area contributed by atoms with Gasteiger partial charge in [0.25, 0.3) is 0 Å². The summed E-state index contributed by atoms with van der Waals surface area (Å²) in [6.07, 6.45) is 2.45. The average molecular weight is 275 g/mol. The summed E-state index contributed by atoms with van der Waals surface area (Å²) in [6, 6.07) is 6.27. The molecular formula is C15H21N3O2. The maximum Gasteiger partial charge on any atom is 0.231 e. The van der Waals surface area contributed by atoms with E-state index in [2.05, 4.69) is 12.1 Å². The van der Waals surface area contributed by atoms with Gasteiger partial charge in [0.2, 0.25) is 11.8 Å². The predicted molar refractivity (Wildman–Crippen MR) is 76.7 cm³/mol. The summed E-state index contributed by atoms with van der Waals surface area (Å²) < 4.78 is 0. The number of rotatable bonds is 5. The number of likely N-dealkylation sites (N-methyl/N-ethyl adjacent to an activating group) is 1. The molecule has 2 amide bonds. The molecular weight excluding hydrogens is 254 g/mol. The number of hydrogen-bond donors (Lipinski definition) is 2. The lowest BCUT2D eigenvalue weighted by Crippen LogP contribution is -2.30. The Morgan fingerprint density at radius 3 is 2.70 bits per heavy atom. The van der Waals surface area contributed by atoms with Crippen molar-refractivity contribution < 1.29 is 9.59 Å². The van der Waals surface area contributed by atoms with Gasteiger partial charge in [0.05, 0.1) is 6.54 Å². The highest BCUT2D eigenvalue weighted by Crippen LogP contribution is 2.26. The van der Waals surface area contributed by atoms with Gasteiger partial charge >= 0.3 is 0 Å². The normalized spacial score (nSPS) is 17.8. The molecule has 0 radical (unpaired) electrons. The van der Waals surface area contributed by atoms with Gasteiger partial charge in [-0.2, -0.15) is 0 Å². The Balaban J connectivity index is 2.06. The summed E-state index contributed by atoms with van der Waals surface area (Å²) in [5, 5.41) is 0. The molecule has 1 aromatic carbocycles. The maximum absolute atomic E-state index is 11.3. The van der Waals surface area contributed by atoms with Crippen LogP contribution in [0.15, 0.2) is 18.2 Å². The third-order valence-electron chi connectivity index (χ3n) is 3.78. The van der Waals surface area contributed by atoms with E-state index in [1.165, 1.54) is 11.1 Å². The van der Waals surface area contributed by atoms with E-state index in [1.54, 1.807) is 0 Å². The van der Waals surface area contributed by atoms with Crippen LogP contribution in [0.25, 0.3) is 0 Å². The molecule has 2 rings (SSSR count). The molecule has 108 valence electrons. The third-order valence-corrected chi connectivity index (χ3v) is 3.78. The molecule has 4 N–H and O–H groups in total. The molecule has 0 heterocycles. The second-order valence-electron chi connectivity index (χ2n) is 5.58. The van der Waals surface area contributed by atoms with Gasteiger partial charge in [-0.1, -0.05) is 18.2 Å². The zero-order chi connectivity index (χ0) is 14.7. The molecule has 0 saturated heterocycles. The summed E-state index contributed by atoms with van der Waals surface area (Å²) in [5.41, 5.74) is 14.2. The molecule has 5 heteroatoms. The van der Waals surface area contributed by atoms with Gasteiger partial charge in [-0.15, -0.1) is 0 Å². The number of benzene rings is 1. The number of nitrogens with two attached hydrogens (primary N) is 2. The lowest BCUT2D eigenvalue weighted by molar-refractivity contribution is -0.122. The second-order valence-corrected chi connectivity index (χ2v) is 5.58. The number of nitrogens with zero attached hydrogens (tertiary/aromatic N) is 1. The molecule has 0 aromatic heterocycles. The Morgan fingerprint density at radius 1 is 1.30 bits per heavy atom. The number of primary amides is 2. The average Bonchev–Trinajstić information content (AvgIpc) is 2.36. The fourth-order valence-electron chi connectivity index (χ4n) is 2.78. The summed E-state index contributed by atoms with van der Waals surface area (Å²) in [5.74, 6) is -0.568. The van der Waals surface area contributed by atoms with Crippen molar-refractivity contribution in [3.05, 3.63) is 34.9 Å². The fraction of sp³-hybridized carbons (Fsp3) is 0.467. The van der Waals surface area contributed by atoms with Crippen molar-refractivity contribution in [2.75, 3.05) is 13.6 Å². The van der Waals surface area contributed by atoms with Gasteiger partial charge in [-0.3, -0.25) is 14.5 Å². The first-order valence-corrected chi connectivity index (χ1v) is 6.82. The number of carbonyl (C=O) groups is 2. The van der Waals surface area contributed by atoms with E-state index in [4.69, 9.17) is 11.5 Å². The van der Waals surface area contributed by atoms with Gasteiger partial charge in [0.1, 0.15) is 0 Å². The Bertz CT molecular complexity index is 528. The maximum atomic E-state index is 11.3. The van der Waals surface area contributed by atoms with Crippen LogP contribution in [0.5, 0.6) is 0 Å². The monoisotopic (exact) mass is 275 g/mol. The van der Waals surface area contributed by atoms with Gasteiger partial charge in [-0.25, -0.2) is 0 Å². The molecule has 0 spiro atoms. The third kappa shape index (κ3) is 3.57. The number of aryl methyl sites for hydroxylation is 1. The van der Waals surface area contributed by atoms with Crippen molar-refractivity contribution in [1.82, 2.24) is 4.90 Å². The summed E-state index contributed by atoms with van der Waals surface area (Å²) >= 11 is 0. The molecule has 0 fully saturated rings. The summed E-state index contributed by atoms with van der Waals surface area (Å²) in [4.78, 5) is 24.0. The van der Waals surface area contributed by atoms with Crippen molar-refractivity contribution in [2.24, 2.45) is 17.4 Å². The van der Waals surface area contributed by atoms with Crippen LogP contribution in [0.3, 0.4) is 0 Å². The van der Waals surface area contributed by atoms with E-state index in [-0.39, 0.29) is 24.3 Å². The minimum atomic E-state index is -0.324. The number of hydrogen-bond acceptors (Lipinski definition) is 3. The molecule has 0 aliphatic heterocycles. The quantitative estimate of drug-likeness (QED) is 0.804.